The van der Waals surface area contributed by atoms with E-state index in [-0.39, 0.29) is 12.3 Å². The van der Waals surface area contributed by atoms with Gasteiger partial charge in [-0.3, -0.25) is 9.59 Å². The van der Waals surface area contributed by atoms with Crippen molar-refractivity contribution in [3.63, 3.8) is 0 Å². The SMILES string of the molecule is CSc1nc(C)c(CCC(=O)OC(C)C(=O)N(C)Cc2nc3ccccc3s2)c(C)n1. The molecule has 1 amide bonds. The Morgan fingerprint density at radius 2 is 1.84 bits per heavy atom. The molecule has 7 nitrogen and oxygen atoms in total. The van der Waals surface area contributed by atoms with Crippen LogP contribution in [0.4, 0.5) is 0 Å². The largest absolute Gasteiger partial charge is 0.453 e. The zero-order valence-corrected chi connectivity index (χ0v) is 20.0. The van der Waals surface area contributed by atoms with E-state index in [4.69, 9.17) is 4.74 Å². The number of nitrogens with zero attached hydrogens (tertiary/aromatic N) is 4. The fourth-order valence-corrected chi connectivity index (χ4v) is 4.75. The van der Waals surface area contributed by atoms with Crippen molar-refractivity contribution in [3.05, 3.63) is 46.2 Å². The van der Waals surface area contributed by atoms with E-state index < -0.39 is 12.1 Å². The van der Waals surface area contributed by atoms with Gasteiger partial charge in [-0.05, 0) is 51.1 Å². The number of carbonyl (C=O) groups excluding carboxylic acids is 2. The van der Waals surface area contributed by atoms with Crippen LogP contribution in [0.2, 0.25) is 0 Å². The number of thiazole rings is 1. The molecule has 2 heterocycles. The smallest absolute Gasteiger partial charge is 0.306 e. The van der Waals surface area contributed by atoms with Crippen LogP contribution < -0.4 is 0 Å². The standard InChI is InChI=1S/C22H26N4O3S2/c1-13-16(14(2)24-22(23-13)30-5)10-11-20(27)29-15(3)21(28)26(4)12-19-25-17-8-6-7-9-18(17)31-19/h6-9,15H,10-12H2,1-5H3. The number of hydrogen-bond donors (Lipinski definition) is 0. The Morgan fingerprint density at radius 1 is 1.16 bits per heavy atom. The van der Waals surface area contributed by atoms with E-state index in [0.29, 0.717) is 13.0 Å². The van der Waals surface area contributed by atoms with Gasteiger partial charge in [-0.1, -0.05) is 23.9 Å². The summed E-state index contributed by atoms with van der Waals surface area (Å²) in [6.07, 6.45) is 1.72. The number of fused-ring (bicyclic) bond motifs is 1. The molecule has 0 N–H and O–H groups in total. The molecular formula is C22H26N4O3S2. The number of rotatable bonds is 8. The Kier molecular flexibility index (Phi) is 7.61. The molecule has 2 aromatic heterocycles. The topological polar surface area (TPSA) is 85.3 Å². The number of likely N-dealkylation sites (N-methyl/N-ethyl adjacent to an activating group) is 1. The van der Waals surface area contributed by atoms with E-state index in [1.807, 2.05) is 44.4 Å². The maximum atomic E-state index is 12.7. The van der Waals surface area contributed by atoms with Crippen LogP contribution >= 0.6 is 23.1 Å². The third-order valence-corrected chi connectivity index (χ3v) is 6.47. The van der Waals surface area contributed by atoms with Crippen LogP contribution in [0, 0.1) is 13.8 Å². The first-order chi connectivity index (χ1) is 14.8. The van der Waals surface area contributed by atoms with Crippen molar-refractivity contribution in [1.29, 1.82) is 0 Å². The van der Waals surface area contributed by atoms with Crippen molar-refractivity contribution >= 4 is 45.2 Å². The molecule has 3 rings (SSSR count). The monoisotopic (exact) mass is 458 g/mol. The van der Waals surface area contributed by atoms with E-state index in [0.717, 1.165) is 37.3 Å². The van der Waals surface area contributed by atoms with Crippen LogP contribution in [0.25, 0.3) is 10.2 Å². The molecule has 1 aromatic carbocycles. The van der Waals surface area contributed by atoms with Crippen molar-refractivity contribution in [3.8, 4) is 0 Å². The summed E-state index contributed by atoms with van der Waals surface area (Å²) in [6.45, 7) is 5.80. The Balaban J connectivity index is 1.53. The highest BCUT2D eigenvalue weighted by molar-refractivity contribution is 7.98. The minimum absolute atomic E-state index is 0.170. The molecule has 0 bridgehead atoms. The number of thioether (sulfide) groups is 1. The van der Waals surface area contributed by atoms with Gasteiger partial charge < -0.3 is 9.64 Å². The molecule has 31 heavy (non-hydrogen) atoms. The first-order valence-corrected chi connectivity index (χ1v) is 12.0. The second-order valence-corrected chi connectivity index (χ2v) is 9.15. The van der Waals surface area contributed by atoms with Crippen LogP contribution in [-0.2, 0) is 27.3 Å². The zero-order chi connectivity index (χ0) is 22.5. The number of aryl methyl sites for hydroxylation is 2. The maximum absolute atomic E-state index is 12.7. The minimum atomic E-state index is -0.857. The number of benzene rings is 1. The van der Waals surface area contributed by atoms with E-state index in [1.165, 1.54) is 11.8 Å². The summed E-state index contributed by atoms with van der Waals surface area (Å²) in [6, 6.07) is 7.86. The minimum Gasteiger partial charge on any atom is -0.453 e. The average Bonchev–Trinajstić information content (AvgIpc) is 3.14. The van der Waals surface area contributed by atoms with Gasteiger partial charge in [0.05, 0.1) is 16.8 Å². The molecule has 0 aliphatic heterocycles. The number of aromatic nitrogens is 3. The molecule has 164 valence electrons. The lowest BCUT2D eigenvalue weighted by atomic mass is 10.1. The van der Waals surface area contributed by atoms with Gasteiger partial charge in [0.2, 0.25) is 0 Å². The highest BCUT2D eigenvalue weighted by Gasteiger charge is 2.23. The van der Waals surface area contributed by atoms with Gasteiger partial charge in [0, 0.05) is 24.9 Å². The summed E-state index contributed by atoms with van der Waals surface area (Å²) in [5.41, 5.74) is 3.60. The molecule has 0 aliphatic carbocycles. The molecule has 0 aliphatic rings. The Hall–Kier alpha value is -2.52. The molecule has 0 spiro atoms. The van der Waals surface area contributed by atoms with Crippen LogP contribution in [0.5, 0.6) is 0 Å². The van der Waals surface area contributed by atoms with Gasteiger partial charge in [0.15, 0.2) is 11.3 Å². The van der Waals surface area contributed by atoms with Gasteiger partial charge in [-0.25, -0.2) is 15.0 Å². The summed E-state index contributed by atoms with van der Waals surface area (Å²) >= 11 is 3.04. The van der Waals surface area contributed by atoms with Gasteiger partial charge in [0.25, 0.3) is 5.91 Å². The average molecular weight is 459 g/mol. The summed E-state index contributed by atoms with van der Waals surface area (Å²) in [5, 5.41) is 1.56. The van der Waals surface area contributed by atoms with E-state index >= 15 is 0 Å². The molecule has 0 radical (unpaired) electrons. The molecule has 0 saturated heterocycles. The first kappa shape index (κ1) is 23.1. The Morgan fingerprint density at radius 3 is 2.48 bits per heavy atom. The highest BCUT2D eigenvalue weighted by atomic mass is 32.2. The van der Waals surface area contributed by atoms with Crippen molar-refractivity contribution in [1.82, 2.24) is 19.9 Å². The van der Waals surface area contributed by atoms with Gasteiger partial charge >= 0.3 is 5.97 Å². The van der Waals surface area contributed by atoms with Gasteiger partial charge in [0.1, 0.15) is 5.01 Å². The second-order valence-electron chi connectivity index (χ2n) is 7.26. The molecule has 3 aromatic rings. The third kappa shape index (κ3) is 5.80. The van der Waals surface area contributed by atoms with Crippen molar-refractivity contribution in [2.24, 2.45) is 0 Å². The van der Waals surface area contributed by atoms with Gasteiger partial charge in [-0.15, -0.1) is 11.3 Å². The number of ether oxygens (including phenoxy) is 1. The summed E-state index contributed by atoms with van der Waals surface area (Å²) in [4.78, 5) is 39.9. The van der Waals surface area contributed by atoms with E-state index in [2.05, 4.69) is 15.0 Å². The molecule has 0 saturated carbocycles. The number of hydrogen-bond acceptors (Lipinski definition) is 8. The number of carbonyl (C=O) groups is 2. The quantitative estimate of drug-likeness (QED) is 0.287. The lowest BCUT2D eigenvalue weighted by Gasteiger charge is -2.20. The van der Waals surface area contributed by atoms with E-state index in [9.17, 15) is 9.59 Å². The maximum Gasteiger partial charge on any atom is 0.306 e. The van der Waals surface area contributed by atoms with Crippen molar-refractivity contribution in [2.75, 3.05) is 13.3 Å². The fourth-order valence-electron chi connectivity index (χ4n) is 3.27. The lowest BCUT2D eigenvalue weighted by Crippen LogP contribution is -2.37. The number of esters is 1. The third-order valence-electron chi connectivity index (χ3n) is 4.90. The van der Waals surface area contributed by atoms with Crippen LogP contribution in [-0.4, -0.2) is 51.1 Å². The summed E-state index contributed by atoms with van der Waals surface area (Å²) < 4.78 is 6.47. The number of amides is 1. The number of para-hydroxylation sites is 1. The molecule has 1 unspecified atom stereocenters. The zero-order valence-electron chi connectivity index (χ0n) is 18.3. The second kappa shape index (κ2) is 10.2. The predicted molar refractivity (Wildman–Crippen MR) is 123 cm³/mol. The van der Waals surface area contributed by atoms with Crippen LogP contribution in [0.3, 0.4) is 0 Å². The van der Waals surface area contributed by atoms with Crippen LogP contribution in [0.15, 0.2) is 29.4 Å². The lowest BCUT2D eigenvalue weighted by molar-refractivity contribution is -0.158. The summed E-state index contributed by atoms with van der Waals surface area (Å²) in [5.74, 6) is -0.672. The Bertz CT molecular complexity index is 1040. The normalized spacial score (nSPS) is 12.0. The fraction of sp³-hybridized carbons (Fsp3) is 0.409. The molecule has 1 atom stereocenters. The van der Waals surface area contributed by atoms with Crippen molar-refractivity contribution in [2.45, 2.75) is 51.4 Å². The van der Waals surface area contributed by atoms with Crippen molar-refractivity contribution < 1.29 is 14.3 Å². The van der Waals surface area contributed by atoms with Crippen LogP contribution in [0.1, 0.15) is 35.3 Å². The first-order valence-electron chi connectivity index (χ1n) is 9.95. The summed E-state index contributed by atoms with van der Waals surface area (Å²) in [7, 11) is 1.69. The highest BCUT2D eigenvalue weighted by Crippen LogP contribution is 2.22. The predicted octanol–water partition coefficient (Wildman–Crippen LogP) is 3.95. The molecular weight excluding hydrogens is 432 g/mol. The Labute approximate surface area is 190 Å². The molecule has 0 fully saturated rings. The molecule has 9 heteroatoms. The van der Waals surface area contributed by atoms with Gasteiger partial charge in [-0.2, -0.15) is 0 Å². The van der Waals surface area contributed by atoms with E-state index in [1.54, 1.807) is 30.2 Å².